The van der Waals surface area contributed by atoms with Crippen molar-refractivity contribution in [2.45, 2.75) is 24.2 Å². The molecule has 0 unspecified atom stereocenters. The smallest absolute Gasteiger partial charge is 0.338 e. The molecule has 0 bridgehead atoms. The zero-order chi connectivity index (χ0) is 23.4. The number of hydrogen-bond donors (Lipinski definition) is 1. The third-order valence-electron chi connectivity index (χ3n) is 5.26. The van der Waals surface area contributed by atoms with Gasteiger partial charge < -0.3 is 19.5 Å². The summed E-state index contributed by atoms with van der Waals surface area (Å²) in [5.74, 6) is -1.44. The first-order valence-corrected chi connectivity index (χ1v) is 11.9. The van der Waals surface area contributed by atoms with Crippen molar-refractivity contribution < 1.29 is 36.6 Å². The summed E-state index contributed by atoms with van der Waals surface area (Å²) in [6.45, 7) is 0.833. The SMILES string of the molecule is O=C(COC(=O)c1ccc(F)c(S(=O)(=O)N2CCCCC2)c1)Nc1ccc2c(c1)OCCO2. The van der Waals surface area contributed by atoms with E-state index in [0.717, 1.165) is 24.6 Å². The van der Waals surface area contributed by atoms with E-state index in [2.05, 4.69) is 5.32 Å². The molecule has 0 radical (unpaired) electrons. The maximum absolute atomic E-state index is 14.3. The summed E-state index contributed by atoms with van der Waals surface area (Å²) in [6.07, 6.45) is 2.30. The van der Waals surface area contributed by atoms with Crippen LogP contribution in [0.5, 0.6) is 11.5 Å². The maximum Gasteiger partial charge on any atom is 0.338 e. The zero-order valence-corrected chi connectivity index (χ0v) is 18.5. The molecule has 1 amide bonds. The fraction of sp³-hybridized carbons (Fsp3) is 0.364. The van der Waals surface area contributed by atoms with Gasteiger partial charge in [-0.1, -0.05) is 6.42 Å². The highest BCUT2D eigenvalue weighted by Gasteiger charge is 2.29. The lowest BCUT2D eigenvalue weighted by Gasteiger charge is -2.26. The van der Waals surface area contributed by atoms with Gasteiger partial charge in [0.05, 0.1) is 5.56 Å². The minimum absolute atomic E-state index is 0.167. The van der Waals surface area contributed by atoms with Crippen LogP contribution in [0.3, 0.4) is 0 Å². The normalized spacial score (nSPS) is 16.2. The minimum atomic E-state index is -4.08. The predicted molar refractivity (Wildman–Crippen MR) is 115 cm³/mol. The molecule has 0 aromatic heterocycles. The molecular formula is C22H23FN2O7S. The summed E-state index contributed by atoms with van der Waals surface area (Å²) in [6, 6.07) is 7.82. The highest BCUT2D eigenvalue weighted by atomic mass is 32.2. The summed E-state index contributed by atoms with van der Waals surface area (Å²) < 4.78 is 57.0. The number of amides is 1. The van der Waals surface area contributed by atoms with Gasteiger partial charge in [0.15, 0.2) is 18.1 Å². The van der Waals surface area contributed by atoms with Gasteiger partial charge in [-0.15, -0.1) is 0 Å². The molecule has 1 fully saturated rings. The number of ether oxygens (including phenoxy) is 3. The second-order valence-corrected chi connectivity index (χ2v) is 9.50. The second kappa shape index (κ2) is 9.75. The van der Waals surface area contributed by atoms with E-state index in [0.29, 0.717) is 56.3 Å². The summed E-state index contributed by atoms with van der Waals surface area (Å²) in [5.41, 5.74) is 0.260. The lowest BCUT2D eigenvalue weighted by molar-refractivity contribution is -0.119. The van der Waals surface area contributed by atoms with Crippen molar-refractivity contribution >= 4 is 27.6 Å². The predicted octanol–water partition coefficient (Wildman–Crippen LogP) is 2.57. The molecule has 2 heterocycles. The largest absolute Gasteiger partial charge is 0.486 e. The molecule has 0 saturated carbocycles. The van der Waals surface area contributed by atoms with Gasteiger partial charge in [-0.2, -0.15) is 4.31 Å². The first-order valence-electron chi connectivity index (χ1n) is 10.5. The van der Waals surface area contributed by atoms with Crippen LogP contribution in [-0.2, 0) is 19.6 Å². The van der Waals surface area contributed by atoms with Crippen molar-refractivity contribution in [1.82, 2.24) is 4.31 Å². The zero-order valence-electron chi connectivity index (χ0n) is 17.7. The molecule has 11 heteroatoms. The number of esters is 1. The number of fused-ring (bicyclic) bond motifs is 1. The van der Waals surface area contributed by atoms with Gasteiger partial charge in [0.1, 0.15) is 23.9 Å². The molecule has 2 aromatic carbocycles. The summed E-state index contributed by atoms with van der Waals surface area (Å²) >= 11 is 0. The van der Waals surface area contributed by atoms with Gasteiger partial charge >= 0.3 is 5.97 Å². The first-order chi connectivity index (χ1) is 15.8. The van der Waals surface area contributed by atoms with Crippen LogP contribution in [0.25, 0.3) is 0 Å². The molecule has 1 saturated heterocycles. The van der Waals surface area contributed by atoms with E-state index >= 15 is 0 Å². The number of rotatable bonds is 6. The van der Waals surface area contributed by atoms with Crippen LogP contribution in [0.15, 0.2) is 41.3 Å². The maximum atomic E-state index is 14.3. The van der Waals surface area contributed by atoms with E-state index < -0.39 is 39.2 Å². The van der Waals surface area contributed by atoms with Crippen LogP contribution >= 0.6 is 0 Å². The van der Waals surface area contributed by atoms with E-state index in [-0.39, 0.29) is 5.56 Å². The topological polar surface area (TPSA) is 111 Å². The van der Waals surface area contributed by atoms with Gasteiger partial charge in [0.2, 0.25) is 10.0 Å². The Labute approximate surface area is 190 Å². The van der Waals surface area contributed by atoms with Crippen LogP contribution in [0, 0.1) is 5.82 Å². The molecule has 4 rings (SSSR count). The Morgan fingerprint density at radius 1 is 1.00 bits per heavy atom. The van der Waals surface area contributed by atoms with Crippen molar-refractivity contribution in [3.05, 3.63) is 47.8 Å². The van der Waals surface area contributed by atoms with E-state index in [1.165, 1.54) is 4.31 Å². The van der Waals surface area contributed by atoms with Crippen LogP contribution in [0.2, 0.25) is 0 Å². The summed E-state index contributed by atoms with van der Waals surface area (Å²) in [4.78, 5) is 24.0. The fourth-order valence-electron chi connectivity index (χ4n) is 3.60. The lowest BCUT2D eigenvalue weighted by Crippen LogP contribution is -2.36. The minimum Gasteiger partial charge on any atom is -0.486 e. The Kier molecular flexibility index (Phi) is 6.80. The van der Waals surface area contributed by atoms with E-state index in [1.807, 2.05) is 0 Å². The van der Waals surface area contributed by atoms with Gasteiger partial charge in [-0.25, -0.2) is 17.6 Å². The Morgan fingerprint density at radius 2 is 1.73 bits per heavy atom. The lowest BCUT2D eigenvalue weighted by atomic mass is 10.2. The van der Waals surface area contributed by atoms with Crippen molar-refractivity contribution in [2.24, 2.45) is 0 Å². The van der Waals surface area contributed by atoms with Crippen LogP contribution in [0.4, 0.5) is 10.1 Å². The molecule has 2 aromatic rings. The highest BCUT2D eigenvalue weighted by molar-refractivity contribution is 7.89. The Hall–Kier alpha value is -3.18. The molecule has 0 aliphatic carbocycles. The van der Waals surface area contributed by atoms with Crippen molar-refractivity contribution in [2.75, 3.05) is 38.2 Å². The number of anilines is 1. The van der Waals surface area contributed by atoms with Crippen molar-refractivity contribution in [1.29, 1.82) is 0 Å². The van der Waals surface area contributed by atoms with Gasteiger partial charge in [0, 0.05) is 24.8 Å². The number of sulfonamides is 1. The molecule has 2 aliphatic rings. The third kappa shape index (κ3) is 5.25. The highest BCUT2D eigenvalue weighted by Crippen LogP contribution is 2.32. The van der Waals surface area contributed by atoms with Crippen molar-refractivity contribution in [3.63, 3.8) is 0 Å². The number of carbonyl (C=O) groups is 2. The molecular weight excluding hydrogens is 455 g/mol. The number of nitrogens with zero attached hydrogens (tertiary/aromatic N) is 1. The van der Waals surface area contributed by atoms with Crippen LogP contribution < -0.4 is 14.8 Å². The average molecular weight is 478 g/mol. The monoisotopic (exact) mass is 478 g/mol. The third-order valence-corrected chi connectivity index (χ3v) is 7.17. The van der Waals surface area contributed by atoms with Gasteiger partial charge in [-0.3, -0.25) is 4.79 Å². The fourth-order valence-corrected chi connectivity index (χ4v) is 5.21. The summed E-state index contributed by atoms with van der Waals surface area (Å²) in [7, 11) is -4.08. The molecule has 0 spiro atoms. The van der Waals surface area contributed by atoms with Gasteiger partial charge in [-0.05, 0) is 43.2 Å². The molecule has 1 N–H and O–H groups in total. The van der Waals surface area contributed by atoms with E-state index in [9.17, 15) is 22.4 Å². The number of piperidine rings is 1. The average Bonchev–Trinajstić information content (AvgIpc) is 2.83. The van der Waals surface area contributed by atoms with E-state index in [1.54, 1.807) is 18.2 Å². The van der Waals surface area contributed by atoms with Crippen LogP contribution in [0.1, 0.15) is 29.6 Å². The number of carbonyl (C=O) groups excluding carboxylic acids is 2. The molecule has 33 heavy (non-hydrogen) atoms. The number of nitrogens with one attached hydrogen (secondary N) is 1. The Balaban J connectivity index is 1.39. The molecule has 176 valence electrons. The molecule has 9 nitrogen and oxygen atoms in total. The Morgan fingerprint density at radius 3 is 2.48 bits per heavy atom. The Bertz CT molecular complexity index is 1160. The number of halogens is 1. The standard InChI is InChI=1S/C22H23FN2O7S/c23-17-6-4-15(12-20(17)33(28,29)25-8-2-1-3-9-25)22(27)32-14-21(26)24-16-5-7-18-19(13-16)31-11-10-30-18/h4-7,12-13H,1-3,8-11,14H2,(H,24,26). The summed E-state index contributed by atoms with van der Waals surface area (Å²) in [5, 5.41) is 2.57. The van der Waals surface area contributed by atoms with Gasteiger partial charge in [0.25, 0.3) is 5.91 Å². The van der Waals surface area contributed by atoms with Crippen LogP contribution in [-0.4, -0.2) is 57.5 Å². The van der Waals surface area contributed by atoms with Crippen molar-refractivity contribution in [3.8, 4) is 11.5 Å². The quantitative estimate of drug-likeness (QED) is 0.635. The molecule has 0 atom stereocenters. The second-order valence-electron chi connectivity index (χ2n) is 7.59. The number of hydrogen-bond acceptors (Lipinski definition) is 7. The number of benzene rings is 2. The molecule has 2 aliphatic heterocycles. The first kappa shape index (κ1) is 23.0. The van der Waals surface area contributed by atoms with E-state index in [4.69, 9.17) is 14.2 Å².